The van der Waals surface area contributed by atoms with Crippen LogP contribution in [0, 0.1) is 0 Å². The molecule has 100 valence electrons. The summed E-state index contributed by atoms with van der Waals surface area (Å²) in [6.07, 6.45) is 1.04. The maximum Gasteiger partial charge on any atom is 0.330 e. The predicted octanol–water partition coefficient (Wildman–Crippen LogP) is -2.67. The molecule has 2 heterocycles. The average Bonchev–Trinajstić information content (AvgIpc) is 2.26. The van der Waals surface area contributed by atoms with E-state index >= 15 is 0 Å². The van der Waals surface area contributed by atoms with Gasteiger partial charge in [0.25, 0.3) is 5.56 Å². The van der Waals surface area contributed by atoms with Crippen molar-refractivity contribution in [3.63, 3.8) is 0 Å². The van der Waals surface area contributed by atoms with E-state index in [9.17, 15) is 18.0 Å². The molecule has 2 rings (SSSR count). The first-order valence-electron chi connectivity index (χ1n) is 5.32. The van der Waals surface area contributed by atoms with Crippen LogP contribution in [-0.4, -0.2) is 36.7 Å². The molecular formula is C9H14N4O4S. The van der Waals surface area contributed by atoms with Gasteiger partial charge in [-0.1, -0.05) is 0 Å². The molecule has 0 bridgehead atoms. The van der Waals surface area contributed by atoms with E-state index in [1.54, 1.807) is 0 Å². The highest BCUT2D eigenvalue weighted by molar-refractivity contribution is 7.89. The van der Waals surface area contributed by atoms with Gasteiger partial charge < -0.3 is 9.88 Å². The SMILES string of the molecule is Cn1cc(S(=O)(=O)NC2CNC2)c(=O)n(C)c1=O. The van der Waals surface area contributed by atoms with E-state index in [2.05, 4.69) is 10.0 Å². The number of nitrogens with one attached hydrogen (secondary N) is 2. The lowest BCUT2D eigenvalue weighted by atomic mass is 10.2. The van der Waals surface area contributed by atoms with Crippen LogP contribution in [0.3, 0.4) is 0 Å². The second-order valence-corrected chi connectivity index (χ2v) is 5.91. The molecule has 0 unspecified atom stereocenters. The van der Waals surface area contributed by atoms with Gasteiger partial charge in [0.05, 0.1) is 0 Å². The quantitative estimate of drug-likeness (QED) is 0.626. The molecule has 2 N–H and O–H groups in total. The highest BCUT2D eigenvalue weighted by Crippen LogP contribution is 2.03. The zero-order valence-electron chi connectivity index (χ0n) is 10.0. The highest BCUT2D eigenvalue weighted by atomic mass is 32.2. The molecule has 0 spiro atoms. The zero-order chi connectivity index (χ0) is 13.5. The van der Waals surface area contributed by atoms with Gasteiger partial charge in [-0.05, 0) is 0 Å². The first-order chi connectivity index (χ1) is 8.33. The number of sulfonamides is 1. The van der Waals surface area contributed by atoms with Crippen molar-refractivity contribution in [1.29, 1.82) is 0 Å². The Kier molecular flexibility index (Phi) is 3.13. The minimum atomic E-state index is -3.90. The summed E-state index contributed by atoms with van der Waals surface area (Å²) in [6, 6.07) is -0.211. The number of nitrogens with zero attached hydrogens (tertiary/aromatic N) is 2. The first kappa shape index (κ1) is 13.0. The summed E-state index contributed by atoms with van der Waals surface area (Å²) in [5.74, 6) is 0. The van der Waals surface area contributed by atoms with Crippen molar-refractivity contribution in [3.05, 3.63) is 27.0 Å². The maximum atomic E-state index is 12.0. The molecule has 0 atom stereocenters. The number of hydrogen-bond donors (Lipinski definition) is 2. The molecule has 0 amide bonds. The van der Waals surface area contributed by atoms with Gasteiger partial charge in [0, 0.05) is 39.4 Å². The summed E-state index contributed by atoms with van der Waals surface area (Å²) in [5.41, 5.74) is -1.39. The van der Waals surface area contributed by atoms with Crippen LogP contribution >= 0.6 is 0 Å². The van der Waals surface area contributed by atoms with Crippen LogP contribution in [0.5, 0.6) is 0 Å². The van der Waals surface area contributed by atoms with Crippen LogP contribution in [0.1, 0.15) is 0 Å². The smallest absolute Gasteiger partial charge is 0.313 e. The molecule has 0 aliphatic carbocycles. The Bertz CT molecular complexity index is 683. The third kappa shape index (κ3) is 2.11. The molecule has 1 fully saturated rings. The summed E-state index contributed by atoms with van der Waals surface area (Å²) >= 11 is 0. The molecule has 0 aromatic carbocycles. The first-order valence-corrected chi connectivity index (χ1v) is 6.81. The number of aromatic nitrogens is 2. The van der Waals surface area contributed by atoms with E-state index in [0.717, 1.165) is 15.3 Å². The monoisotopic (exact) mass is 274 g/mol. The number of rotatable bonds is 3. The van der Waals surface area contributed by atoms with E-state index in [4.69, 9.17) is 0 Å². The van der Waals surface area contributed by atoms with Crippen molar-refractivity contribution < 1.29 is 8.42 Å². The van der Waals surface area contributed by atoms with Crippen molar-refractivity contribution in [3.8, 4) is 0 Å². The lowest BCUT2D eigenvalue weighted by Crippen LogP contribution is -2.57. The van der Waals surface area contributed by atoms with Crippen LogP contribution in [0.25, 0.3) is 0 Å². The number of hydrogen-bond acceptors (Lipinski definition) is 5. The molecule has 0 radical (unpaired) electrons. The van der Waals surface area contributed by atoms with Gasteiger partial charge in [0.1, 0.15) is 0 Å². The van der Waals surface area contributed by atoms with Crippen LogP contribution in [0.4, 0.5) is 0 Å². The lowest BCUT2D eigenvalue weighted by molar-refractivity contribution is 0.409. The Balaban J connectivity index is 2.50. The van der Waals surface area contributed by atoms with Gasteiger partial charge in [-0.15, -0.1) is 0 Å². The summed E-state index contributed by atoms with van der Waals surface area (Å²) in [6.45, 7) is 1.07. The zero-order valence-corrected chi connectivity index (χ0v) is 10.8. The maximum absolute atomic E-state index is 12.0. The van der Waals surface area contributed by atoms with Gasteiger partial charge in [0.15, 0.2) is 4.90 Å². The Morgan fingerprint density at radius 2 is 1.94 bits per heavy atom. The van der Waals surface area contributed by atoms with E-state index in [0.29, 0.717) is 13.1 Å². The Morgan fingerprint density at radius 3 is 2.44 bits per heavy atom. The van der Waals surface area contributed by atoms with Crippen LogP contribution in [-0.2, 0) is 24.1 Å². The Labute approximate surface area is 103 Å². The third-order valence-electron chi connectivity index (χ3n) is 2.81. The summed E-state index contributed by atoms with van der Waals surface area (Å²) < 4.78 is 28.2. The van der Waals surface area contributed by atoms with Gasteiger partial charge >= 0.3 is 5.69 Å². The summed E-state index contributed by atoms with van der Waals surface area (Å²) in [4.78, 5) is 22.8. The van der Waals surface area contributed by atoms with Crippen molar-refractivity contribution in [2.75, 3.05) is 13.1 Å². The molecule has 1 saturated heterocycles. The van der Waals surface area contributed by atoms with Crippen LogP contribution < -0.4 is 21.3 Å². The van der Waals surface area contributed by atoms with Crippen LogP contribution in [0.15, 0.2) is 20.7 Å². The minimum Gasteiger partial charge on any atom is -0.313 e. The molecule has 18 heavy (non-hydrogen) atoms. The molecule has 0 saturated carbocycles. The highest BCUT2D eigenvalue weighted by Gasteiger charge is 2.27. The van der Waals surface area contributed by atoms with Crippen molar-refractivity contribution >= 4 is 10.0 Å². The molecule has 1 aromatic heterocycles. The predicted molar refractivity (Wildman–Crippen MR) is 63.9 cm³/mol. The van der Waals surface area contributed by atoms with Gasteiger partial charge in [-0.25, -0.2) is 17.9 Å². The molecular weight excluding hydrogens is 260 g/mol. The summed E-state index contributed by atoms with van der Waals surface area (Å²) in [5, 5.41) is 2.92. The third-order valence-corrected chi connectivity index (χ3v) is 4.31. The van der Waals surface area contributed by atoms with E-state index in [-0.39, 0.29) is 6.04 Å². The fourth-order valence-electron chi connectivity index (χ4n) is 1.61. The summed E-state index contributed by atoms with van der Waals surface area (Å²) in [7, 11) is -1.26. The normalized spacial score (nSPS) is 16.6. The van der Waals surface area contributed by atoms with Crippen molar-refractivity contribution in [1.82, 2.24) is 19.2 Å². The second-order valence-electron chi connectivity index (χ2n) is 4.23. The molecule has 1 aliphatic heterocycles. The average molecular weight is 274 g/mol. The molecule has 8 nitrogen and oxygen atoms in total. The Morgan fingerprint density at radius 1 is 1.33 bits per heavy atom. The van der Waals surface area contributed by atoms with Crippen molar-refractivity contribution in [2.24, 2.45) is 14.1 Å². The standard InChI is InChI=1S/C9H14N4O4S/c1-12-5-7(8(14)13(2)9(12)15)18(16,17)11-6-3-10-4-6/h5-6,10-11H,3-4H2,1-2H3. The minimum absolute atomic E-state index is 0.211. The van der Waals surface area contributed by atoms with E-state index in [1.807, 2.05) is 0 Å². The van der Waals surface area contributed by atoms with Gasteiger partial charge in [0.2, 0.25) is 10.0 Å². The lowest BCUT2D eigenvalue weighted by Gasteiger charge is -2.27. The fraction of sp³-hybridized carbons (Fsp3) is 0.556. The molecule has 1 aliphatic rings. The fourth-order valence-corrected chi connectivity index (χ4v) is 3.01. The van der Waals surface area contributed by atoms with Gasteiger partial charge in [-0.3, -0.25) is 9.36 Å². The molecule has 9 heteroatoms. The van der Waals surface area contributed by atoms with Gasteiger partial charge in [-0.2, -0.15) is 0 Å². The Hall–Kier alpha value is -1.45. The van der Waals surface area contributed by atoms with E-state index < -0.39 is 26.2 Å². The second kappa shape index (κ2) is 4.34. The number of aryl methyl sites for hydroxylation is 1. The largest absolute Gasteiger partial charge is 0.330 e. The topological polar surface area (TPSA) is 102 Å². The van der Waals surface area contributed by atoms with E-state index in [1.165, 1.54) is 14.1 Å². The van der Waals surface area contributed by atoms with Crippen molar-refractivity contribution in [2.45, 2.75) is 10.9 Å². The molecule has 1 aromatic rings. The van der Waals surface area contributed by atoms with Crippen LogP contribution in [0.2, 0.25) is 0 Å².